The zero-order valence-corrected chi connectivity index (χ0v) is 13.6. The summed E-state index contributed by atoms with van der Waals surface area (Å²) in [7, 11) is 1.32. The van der Waals surface area contributed by atoms with Crippen LogP contribution in [0.4, 0.5) is 0 Å². The van der Waals surface area contributed by atoms with Crippen molar-refractivity contribution in [2.75, 3.05) is 7.11 Å². The van der Waals surface area contributed by atoms with Crippen molar-refractivity contribution < 1.29 is 14.3 Å². The number of rotatable bonds is 5. The van der Waals surface area contributed by atoms with Gasteiger partial charge in [0.1, 0.15) is 6.04 Å². The maximum absolute atomic E-state index is 12.3. The lowest BCUT2D eigenvalue weighted by atomic mass is 10.0. The molecular formula is C19H21NO3. The zero-order valence-electron chi connectivity index (χ0n) is 13.6. The van der Waals surface area contributed by atoms with Gasteiger partial charge in [0.25, 0.3) is 5.91 Å². The van der Waals surface area contributed by atoms with Crippen LogP contribution in [0.15, 0.2) is 54.6 Å². The van der Waals surface area contributed by atoms with E-state index in [-0.39, 0.29) is 11.8 Å². The molecule has 0 unspecified atom stereocenters. The van der Waals surface area contributed by atoms with Crippen LogP contribution in [-0.2, 0) is 9.53 Å². The average molecular weight is 311 g/mol. The highest BCUT2D eigenvalue weighted by Gasteiger charge is 2.25. The van der Waals surface area contributed by atoms with Crippen LogP contribution in [0, 0.1) is 5.92 Å². The monoisotopic (exact) mass is 311 g/mol. The highest BCUT2D eigenvalue weighted by atomic mass is 16.5. The van der Waals surface area contributed by atoms with Crippen LogP contribution in [0.25, 0.3) is 11.1 Å². The predicted molar refractivity (Wildman–Crippen MR) is 90.0 cm³/mol. The van der Waals surface area contributed by atoms with E-state index in [0.717, 1.165) is 11.1 Å². The summed E-state index contributed by atoms with van der Waals surface area (Å²) in [6, 6.07) is 16.6. The quantitative estimate of drug-likeness (QED) is 0.862. The lowest BCUT2D eigenvalue weighted by molar-refractivity contribution is -0.144. The van der Waals surface area contributed by atoms with Gasteiger partial charge in [-0.1, -0.05) is 56.3 Å². The van der Waals surface area contributed by atoms with Crippen molar-refractivity contribution in [3.63, 3.8) is 0 Å². The summed E-state index contributed by atoms with van der Waals surface area (Å²) in [5, 5.41) is 2.73. The second-order valence-corrected chi connectivity index (χ2v) is 5.66. The predicted octanol–water partition coefficient (Wildman–Crippen LogP) is 3.28. The van der Waals surface area contributed by atoms with Gasteiger partial charge in [-0.3, -0.25) is 4.79 Å². The summed E-state index contributed by atoms with van der Waals surface area (Å²) in [6.45, 7) is 3.72. The third-order valence-corrected chi connectivity index (χ3v) is 3.66. The van der Waals surface area contributed by atoms with Gasteiger partial charge < -0.3 is 10.1 Å². The number of carbonyl (C=O) groups is 2. The first-order valence-electron chi connectivity index (χ1n) is 7.57. The Morgan fingerprint density at radius 3 is 2.00 bits per heavy atom. The average Bonchev–Trinajstić information content (AvgIpc) is 2.59. The minimum Gasteiger partial charge on any atom is -0.467 e. The molecule has 0 aromatic heterocycles. The van der Waals surface area contributed by atoms with Crippen molar-refractivity contribution in [1.29, 1.82) is 0 Å². The standard InChI is InChI=1S/C19H21NO3/c1-13(2)17(19(22)23-3)20-18(21)16-11-9-15(10-12-16)14-7-5-4-6-8-14/h4-13,17H,1-3H3,(H,20,21)/t17-/m1/s1. The summed E-state index contributed by atoms with van der Waals surface area (Å²) in [6.07, 6.45) is 0. The Morgan fingerprint density at radius 2 is 1.48 bits per heavy atom. The molecule has 0 fully saturated rings. The van der Waals surface area contributed by atoms with Gasteiger partial charge in [0, 0.05) is 5.56 Å². The largest absolute Gasteiger partial charge is 0.467 e. The van der Waals surface area contributed by atoms with Gasteiger partial charge in [-0.15, -0.1) is 0 Å². The Balaban J connectivity index is 2.12. The number of hydrogen-bond acceptors (Lipinski definition) is 3. The van der Waals surface area contributed by atoms with E-state index < -0.39 is 12.0 Å². The number of nitrogens with one attached hydrogen (secondary N) is 1. The molecule has 2 rings (SSSR count). The molecule has 0 heterocycles. The minimum atomic E-state index is -0.652. The molecule has 0 saturated heterocycles. The van der Waals surface area contributed by atoms with E-state index in [4.69, 9.17) is 4.74 Å². The molecule has 0 bridgehead atoms. The van der Waals surface area contributed by atoms with Crippen molar-refractivity contribution in [2.45, 2.75) is 19.9 Å². The van der Waals surface area contributed by atoms with Gasteiger partial charge in [0.15, 0.2) is 0 Å². The van der Waals surface area contributed by atoms with Crippen molar-refractivity contribution >= 4 is 11.9 Å². The SMILES string of the molecule is COC(=O)[C@H](NC(=O)c1ccc(-c2ccccc2)cc1)C(C)C. The Labute approximate surface area is 136 Å². The topological polar surface area (TPSA) is 55.4 Å². The third-order valence-electron chi connectivity index (χ3n) is 3.66. The van der Waals surface area contributed by atoms with Crippen molar-refractivity contribution in [3.8, 4) is 11.1 Å². The highest BCUT2D eigenvalue weighted by molar-refractivity contribution is 5.97. The van der Waals surface area contributed by atoms with Crippen LogP contribution >= 0.6 is 0 Å². The smallest absolute Gasteiger partial charge is 0.328 e. The Bertz CT molecular complexity index is 663. The van der Waals surface area contributed by atoms with Crippen LogP contribution in [0.1, 0.15) is 24.2 Å². The first-order valence-corrected chi connectivity index (χ1v) is 7.57. The van der Waals surface area contributed by atoms with Crippen molar-refractivity contribution in [1.82, 2.24) is 5.32 Å². The molecular weight excluding hydrogens is 290 g/mol. The lowest BCUT2D eigenvalue weighted by Gasteiger charge is -2.19. The second kappa shape index (κ2) is 7.58. The van der Waals surface area contributed by atoms with E-state index in [0.29, 0.717) is 5.56 Å². The Morgan fingerprint density at radius 1 is 0.913 bits per heavy atom. The van der Waals surface area contributed by atoms with E-state index in [1.807, 2.05) is 56.3 Å². The molecule has 0 aliphatic carbocycles. The lowest BCUT2D eigenvalue weighted by Crippen LogP contribution is -2.45. The minimum absolute atomic E-state index is 0.0463. The molecule has 1 N–H and O–H groups in total. The van der Waals surface area contributed by atoms with Gasteiger partial charge >= 0.3 is 5.97 Å². The third kappa shape index (κ3) is 4.19. The molecule has 0 aliphatic heterocycles. The summed E-state index contributed by atoms with van der Waals surface area (Å²) >= 11 is 0. The van der Waals surface area contributed by atoms with Gasteiger partial charge in [-0.2, -0.15) is 0 Å². The van der Waals surface area contributed by atoms with E-state index in [9.17, 15) is 9.59 Å². The van der Waals surface area contributed by atoms with Gasteiger partial charge in [-0.25, -0.2) is 4.79 Å². The molecule has 0 saturated carbocycles. The highest BCUT2D eigenvalue weighted by Crippen LogP contribution is 2.19. The van der Waals surface area contributed by atoms with Crippen LogP contribution in [0.3, 0.4) is 0 Å². The normalized spacial score (nSPS) is 11.8. The van der Waals surface area contributed by atoms with Crippen LogP contribution < -0.4 is 5.32 Å². The molecule has 2 aromatic rings. The number of esters is 1. The van der Waals surface area contributed by atoms with Gasteiger partial charge in [-0.05, 0) is 29.2 Å². The number of ether oxygens (including phenoxy) is 1. The maximum atomic E-state index is 12.3. The fourth-order valence-corrected chi connectivity index (χ4v) is 2.29. The van der Waals surface area contributed by atoms with Gasteiger partial charge in [0.2, 0.25) is 0 Å². The van der Waals surface area contributed by atoms with Crippen molar-refractivity contribution in [2.24, 2.45) is 5.92 Å². The fraction of sp³-hybridized carbons (Fsp3) is 0.263. The van der Waals surface area contributed by atoms with E-state index >= 15 is 0 Å². The number of carbonyl (C=O) groups excluding carboxylic acids is 2. The molecule has 0 spiro atoms. The van der Waals surface area contributed by atoms with Crippen LogP contribution in [0.2, 0.25) is 0 Å². The fourth-order valence-electron chi connectivity index (χ4n) is 2.29. The molecule has 23 heavy (non-hydrogen) atoms. The molecule has 1 amide bonds. The number of methoxy groups -OCH3 is 1. The molecule has 2 aromatic carbocycles. The van der Waals surface area contributed by atoms with Gasteiger partial charge in [0.05, 0.1) is 7.11 Å². The number of hydrogen-bond donors (Lipinski definition) is 1. The molecule has 0 aliphatic rings. The Kier molecular flexibility index (Phi) is 5.52. The van der Waals surface area contributed by atoms with Crippen molar-refractivity contribution in [3.05, 3.63) is 60.2 Å². The van der Waals surface area contributed by atoms with E-state index in [1.165, 1.54) is 7.11 Å². The molecule has 120 valence electrons. The summed E-state index contributed by atoms with van der Waals surface area (Å²) < 4.78 is 4.73. The first-order chi connectivity index (χ1) is 11.0. The zero-order chi connectivity index (χ0) is 16.8. The number of benzene rings is 2. The molecule has 0 radical (unpaired) electrons. The van der Waals surface area contributed by atoms with E-state index in [2.05, 4.69) is 5.32 Å². The van der Waals surface area contributed by atoms with E-state index in [1.54, 1.807) is 12.1 Å². The first kappa shape index (κ1) is 16.7. The molecule has 1 atom stereocenters. The summed E-state index contributed by atoms with van der Waals surface area (Å²) in [5.74, 6) is -0.766. The summed E-state index contributed by atoms with van der Waals surface area (Å²) in [5.41, 5.74) is 2.64. The Hall–Kier alpha value is -2.62. The molecule has 4 heteroatoms. The second-order valence-electron chi connectivity index (χ2n) is 5.66. The molecule has 4 nitrogen and oxygen atoms in total. The number of amides is 1. The van der Waals surface area contributed by atoms with Crippen LogP contribution in [0.5, 0.6) is 0 Å². The van der Waals surface area contributed by atoms with Crippen LogP contribution in [-0.4, -0.2) is 25.0 Å². The summed E-state index contributed by atoms with van der Waals surface area (Å²) in [4.78, 5) is 24.0. The maximum Gasteiger partial charge on any atom is 0.328 e.